The third-order valence-electron chi connectivity index (χ3n) is 1.81. The van der Waals surface area contributed by atoms with E-state index in [0.717, 1.165) is 6.07 Å². The molecule has 0 atom stereocenters. The summed E-state index contributed by atoms with van der Waals surface area (Å²) in [6.45, 7) is 0. The van der Waals surface area contributed by atoms with Crippen LogP contribution >= 0.6 is 15.9 Å². The zero-order valence-electron chi connectivity index (χ0n) is 7.75. The maximum Gasteiger partial charge on any atom is 0.337 e. The molecule has 4 nitrogen and oxygen atoms in total. The molecule has 1 N–H and O–H groups in total. The molecule has 1 heterocycles. The number of halogens is 3. The molecule has 0 aliphatic heterocycles. The number of alkyl halides is 3. The van der Waals surface area contributed by atoms with Gasteiger partial charge in [0.2, 0.25) is 0 Å². The fourth-order valence-corrected chi connectivity index (χ4v) is 1.53. The molecule has 0 unspecified atom stereocenters. The van der Waals surface area contributed by atoms with Crippen LogP contribution in [0.2, 0.25) is 0 Å². The van der Waals surface area contributed by atoms with E-state index in [1.54, 1.807) is 6.07 Å². The second kappa shape index (κ2) is 4.99. The van der Waals surface area contributed by atoms with Crippen LogP contribution < -0.4 is 0 Å². The van der Waals surface area contributed by atoms with E-state index in [0.29, 0.717) is 0 Å². The summed E-state index contributed by atoms with van der Waals surface area (Å²) < 4.78 is 24.8. The van der Waals surface area contributed by atoms with Crippen molar-refractivity contribution >= 4 is 21.9 Å². The Morgan fingerprint density at radius 2 is 2.31 bits per heavy atom. The van der Waals surface area contributed by atoms with Crippen LogP contribution in [-0.4, -0.2) is 16.1 Å². The van der Waals surface area contributed by atoms with E-state index in [1.165, 1.54) is 0 Å². The van der Waals surface area contributed by atoms with Crippen molar-refractivity contribution in [1.82, 2.24) is 4.98 Å². The molecule has 1 aromatic rings. The van der Waals surface area contributed by atoms with Crippen LogP contribution in [0.15, 0.2) is 6.07 Å². The number of aromatic carboxylic acids is 1. The van der Waals surface area contributed by atoms with Crippen molar-refractivity contribution in [1.29, 1.82) is 5.26 Å². The average molecular weight is 291 g/mol. The van der Waals surface area contributed by atoms with Gasteiger partial charge in [-0.25, -0.2) is 18.6 Å². The fraction of sp³-hybridized carbons (Fsp3) is 0.222. The summed E-state index contributed by atoms with van der Waals surface area (Å²) in [4.78, 5) is 14.3. The second-order valence-corrected chi connectivity index (χ2v) is 3.33. The topological polar surface area (TPSA) is 74.0 Å². The third kappa shape index (κ3) is 2.33. The Kier molecular flexibility index (Phi) is 3.90. The lowest BCUT2D eigenvalue weighted by Gasteiger charge is -2.07. The molecule has 0 saturated carbocycles. The Balaban J connectivity index is 3.51. The predicted molar refractivity (Wildman–Crippen MR) is 53.5 cm³/mol. The molecule has 84 valence electrons. The molecule has 0 radical (unpaired) electrons. The molecule has 0 bridgehead atoms. The minimum atomic E-state index is -2.87. The third-order valence-corrected chi connectivity index (χ3v) is 2.34. The SMILES string of the molecule is N#Cc1c(C(=O)O)cc(C(F)F)nc1CBr. The first-order valence-electron chi connectivity index (χ1n) is 4.02. The van der Waals surface area contributed by atoms with Gasteiger partial charge in [-0.05, 0) is 6.07 Å². The van der Waals surface area contributed by atoms with Crippen molar-refractivity contribution in [2.75, 3.05) is 0 Å². The number of carbonyl (C=O) groups is 1. The van der Waals surface area contributed by atoms with Gasteiger partial charge in [0.15, 0.2) is 0 Å². The van der Waals surface area contributed by atoms with Gasteiger partial charge < -0.3 is 5.11 Å². The maximum atomic E-state index is 12.4. The first kappa shape index (κ1) is 12.5. The van der Waals surface area contributed by atoms with Gasteiger partial charge in [-0.15, -0.1) is 0 Å². The maximum absolute atomic E-state index is 12.4. The highest BCUT2D eigenvalue weighted by molar-refractivity contribution is 9.08. The summed E-state index contributed by atoms with van der Waals surface area (Å²) in [7, 11) is 0. The van der Waals surface area contributed by atoms with Crippen molar-refractivity contribution in [3.8, 4) is 6.07 Å². The smallest absolute Gasteiger partial charge is 0.337 e. The van der Waals surface area contributed by atoms with Crippen LogP contribution in [0.4, 0.5) is 8.78 Å². The highest BCUT2D eigenvalue weighted by Gasteiger charge is 2.20. The van der Waals surface area contributed by atoms with Crippen LogP contribution in [0.5, 0.6) is 0 Å². The largest absolute Gasteiger partial charge is 0.478 e. The van der Waals surface area contributed by atoms with Gasteiger partial charge >= 0.3 is 5.97 Å². The quantitative estimate of drug-likeness (QED) is 0.868. The lowest BCUT2D eigenvalue weighted by atomic mass is 10.1. The lowest BCUT2D eigenvalue weighted by molar-refractivity contribution is 0.0695. The van der Waals surface area contributed by atoms with Gasteiger partial charge in [-0.1, -0.05) is 15.9 Å². The van der Waals surface area contributed by atoms with Crippen molar-refractivity contribution in [2.45, 2.75) is 11.8 Å². The van der Waals surface area contributed by atoms with Crippen molar-refractivity contribution < 1.29 is 18.7 Å². The average Bonchev–Trinajstić information content (AvgIpc) is 2.26. The molecule has 1 rings (SSSR count). The lowest BCUT2D eigenvalue weighted by Crippen LogP contribution is -2.08. The van der Waals surface area contributed by atoms with Crippen molar-refractivity contribution in [3.63, 3.8) is 0 Å². The van der Waals surface area contributed by atoms with Crippen molar-refractivity contribution in [2.24, 2.45) is 0 Å². The molecular weight excluding hydrogens is 286 g/mol. The van der Waals surface area contributed by atoms with Crippen LogP contribution in [0.3, 0.4) is 0 Å². The Hall–Kier alpha value is -1.55. The number of pyridine rings is 1. The molecule has 0 fully saturated rings. The highest BCUT2D eigenvalue weighted by Crippen LogP contribution is 2.23. The van der Waals surface area contributed by atoms with E-state index >= 15 is 0 Å². The summed E-state index contributed by atoms with van der Waals surface area (Å²) in [6.07, 6.45) is -2.87. The number of nitriles is 1. The minimum absolute atomic E-state index is 0.00213. The summed E-state index contributed by atoms with van der Waals surface area (Å²) in [5.41, 5.74) is -1.31. The molecule has 1 aromatic heterocycles. The van der Waals surface area contributed by atoms with E-state index in [4.69, 9.17) is 10.4 Å². The molecular formula is C9H5BrF2N2O2. The van der Waals surface area contributed by atoms with E-state index in [2.05, 4.69) is 20.9 Å². The first-order chi connectivity index (χ1) is 7.51. The summed E-state index contributed by atoms with van der Waals surface area (Å²) in [5, 5.41) is 17.6. The number of hydrogen-bond acceptors (Lipinski definition) is 3. The summed E-state index contributed by atoms with van der Waals surface area (Å²) in [6, 6.07) is 2.36. The monoisotopic (exact) mass is 290 g/mol. The fourth-order valence-electron chi connectivity index (χ4n) is 1.12. The van der Waals surface area contributed by atoms with Gasteiger partial charge in [0.1, 0.15) is 11.8 Å². The molecule has 16 heavy (non-hydrogen) atoms. The van der Waals surface area contributed by atoms with Crippen LogP contribution in [0.25, 0.3) is 0 Å². The number of nitrogens with zero attached hydrogens (tertiary/aromatic N) is 2. The molecule has 0 amide bonds. The van der Waals surface area contributed by atoms with Crippen LogP contribution in [0, 0.1) is 11.3 Å². The Labute approximate surface area is 97.7 Å². The first-order valence-corrected chi connectivity index (χ1v) is 5.14. The number of aromatic nitrogens is 1. The molecule has 0 aliphatic carbocycles. The normalized spacial score (nSPS) is 10.2. The van der Waals surface area contributed by atoms with E-state index < -0.39 is 23.7 Å². The summed E-state index contributed by atoms with van der Waals surface area (Å²) >= 11 is 2.96. The Morgan fingerprint density at radius 1 is 1.69 bits per heavy atom. The van der Waals surface area contributed by atoms with E-state index in [-0.39, 0.29) is 16.6 Å². The van der Waals surface area contributed by atoms with Crippen molar-refractivity contribution in [3.05, 3.63) is 28.6 Å². The van der Waals surface area contributed by atoms with Crippen LogP contribution in [-0.2, 0) is 5.33 Å². The van der Waals surface area contributed by atoms with Gasteiger partial charge in [0.25, 0.3) is 6.43 Å². The van der Waals surface area contributed by atoms with Gasteiger partial charge in [-0.3, -0.25) is 0 Å². The standard InChI is InChI=1S/C9H5BrF2N2O2/c10-2-7-5(3-13)4(9(15)16)1-6(14-7)8(11)12/h1,8H,2H2,(H,15,16). The molecule has 0 spiro atoms. The molecule has 0 aliphatic rings. The number of rotatable bonds is 3. The molecule has 0 aromatic carbocycles. The molecule has 7 heteroatoms. The zero-order valence-corrected chi connectivity index (χ0v) is 9.33. The summed E-state index contributed by atoms with van der Waals surface area (Å²) in [5.74, 6) is -1.43. The van der Waals surface area contributed by atoms with E-state index in [9.17, 15) is 13.6 Å². The predicted octanol–water partition coefficient (Wildman–Crippen LogP) is 2.48. The highest BCUT2D eigenvalue weighted by atomic mass is 79.9. The second-order valence-electron chi connectivity index (χ2n) is 2.77. The number of carboxylic acid groups (broad SMARTS) is 1. The van der Waals surface area contributed by atoms with Gasteiger partial charge in [-0.2, -0.15) is 5.26 Å². The molecule has 0 saturated heterocycles. The minimum Gasteiger partial charge on any atom is -0.478 e. The number of hydrogen-bond donors (Lipinski definition) is 1. The Bertz CT molecular complexity index is 471. The van der Waals surface area contributed by atoms with Gasteiger partial charge in [0.05, 0.1) is 16.8 Å². The van der Waals surface area contributed by atoms with Crippen LogP contribution in [0.1, 0.15) is 33.7 Å². The van der Waals surface area contributed by atoms with Gasteiger partial charge in [0, 0.05) is 5.33 Å². The van der Waals surface area contributed by atoms with E-state index in [1.807, 2.05) is 0 Å². The Morgan fingerprint density at radius 3 is 2.69 bits per heavy atom. The zero-order chi connectivity index (χ0) is 12.3. The number of carboxylic acids is 1.